The van der Waals surface area contributed by atoms with Crippen molar-refractivity contribution >= 4 is 29.1 Å². The Bertz CT molecular complexity index is 898. The van der Waals surface area contributed by atoms with E-state index in [1.54, 1.807) is 30.3 Å². The molecule has 0 aliphatic heterocycles. The number of fused-ring (bicyclic) bond motifs is 1. The SMILES string of the molecule is CCCC(NC(C)=O)(Oc1c(Cl)cccc1Cl)C1CCCc2cc(O)c(O)cc21. The number of phenols is 2. The van der Waals surface area contributed by atoms with E-state index in [4.69, 9.17) is 27.9 Å². The lowest BCUT2D eigenvalue weighted by atomic mass is 9.75. The number of para-hydroxylation sites is 1. The average molecular weight is 438 g/mol. The van der Waals surface area contributed by atoms with Crippen LogP contribution in [0.25, 0.3) is 0 Å². The van der Waals surface area contributed by atoms with Gasteiger partial charge in [0.15, 0.2) is 23.0 Å². The van der Waals surface area contributed by atoms with Crippen LogP contribution in [-0.4, -0.2) is 21.8 Å². The number of benzene rings is 2. The van der Waals surface area contributed by atoms with Crippen molar-refractivity contribution in [1.82, 2.24) is 5.32 Å². The second-order valence-electron chi connectivity index (χ2n) is 7.46. The molecule has 2 atom stereocenters. The highest BCUT2D eigenvalue weighted by Gasteiger charge is 2.45. The Morgan fingerprint density at radius 1 is 1.24 bits per heavy atom. The number of hydrogen-bond acceptors (Lipinski definition) is 4. The normalized spacial score (nSPS) is 17.9. The van der Waals surface area contributed by atoms with E-state index >= 15 is 0 Å². The van der Waals surface area contributed by atoms with Gasteiger partial charge in [-0.1, -0.05) is 42.6 Å². The van der Waals surface area contributed by atoms with Crippen molar-refractivity contribution in [3.05, 3.63) is 51.5 Å². The summed E-state index contributed by atoms with van der Waals surface area (Å²) in [5, 5.41) is 23.8. The summed E-state index contributed by atoms with van der Waals surface area (Å²) >= 11 is 12.7. The van der Waals surface area contributed by atoms with Crippen molar-refractivity contribution in [1.29, 1.82) is 0 Å². The fraction of sp³-hybridized carbons (Fsp3) is 0.409. The Balaban J connectivity index is 2.16. The number of aromatic hydroxyl groups is 2. The van der Waals surface area contributed by atoms with Crippen molar-refractivity contribution in [3.63, 3.8) is 0 Å². The van der Waals surface area contributed by atoms with Crippen molar-refractivity contribution in [2.45, 2.75) is 57.6 Å². The van der Waals surface area contributed by atoms with Gasteiger partial charge in [0.2, 0.25) is 5.91 Å². The van der Waals surface area contributed by atoms with E-state index in [1.807, 2.05) is 6.92 Å². The number of nitrogens with one attached hydrogen (secondary N) is 1. The van der Waals surface area contributed by atoms with E-state index in [2.05, 4.69) is 5.32 Å². The molecule has 2 unspecified atom stereocenters. The maximum Gasteiger partial charge on any atom is 0.219 e. The zero-order chi connectivity index (χ0) is 21.2. The van der Waals surface area contributed by atoms with Crippen LogP contribution in [0.15, 0.2) is 30.3 Å². The van der Waals surface area contributed by atoms with E-state index in [0.717, 1.165) is 36.8 Å². The van der Waals surface area contributed by atoms with E-state index in [-0.39, 0.29) is 23.3 Å². The Kier molecular flexibility index (Phi) is 6.49. The molecule has 1 aliphatic rings. The summed E-state index contributed by atoms with van der Waals surface area (Å²) in [7, 11) is 0. The molecule has 0 spiro atoms. The number of ether oxygens (including phenoxy) is 1. The minimum atomic E-state index is -1.10. The highest BCUT2D eigenvalue weighted by atomic mass is 35.5. The number of carbonyl (C=O) groups excluding carboxylic acids is 1. The molecule has 3 rings (SSSR count). The van der Waals surface area contributed by atoms with Crippen LogP contribution in [0.5, 0.6) is 17.2 Å². The molecule has 0 saturated carbocycles. The molecule has 0 saturated heterocycles. The Hall–Kier alpha value is -2.11. The predicted molar refractivity (Wildman–Crippen MR) is 114 cm³/mol. The van der Waals surface area contributed by atoms with Crippen LogP contribution in [-0.2, 0) is 11.2 Å². The maximum atomic E-state index is 12.2. The highest BCUT2D eigenvalue weighted by molar-refractivity contribution is 6.37. The lowest BCUT2D eigenvalue weighted by Gasteiger charge is -2.44. The lowest BCUT2D eigenvalue weighted by molar-refractivity contribution is -0.127. The fourth-order valence-electron chi connectivity index (χ4n) is 4.22. The molecule has 0 radical (unpaired) electrons. The second kappa shape index (κ2) is 8.72. The third-order valence-electron chi connectivity index (χ3n) is 5.33. The Morgan fingerprint density at radius 2 is 1.90 bits per heavy atom. The minimum Gasteiger partial charge on any atom is -0.504 e. The molecule has 0 bridgehead atoms. The third-order valence-corrected chi connectivity index (χ3v) is 5.92. The monoisotopic (exact) mass is 437 g/mol. The zero-order valence-electron chi connectivity index (χ0n) is 16.5. The molecule has 2 aromatic carbocycles. The van der Waals surface area contributed by atoms with Crippen LogP contribution in [0.3, 0.4) is 0 Å². The molecule has 5 nitrogen and oxygen atoms in total. The van der Waals surface area contributed by atoms with Gasteiger partial charge < -0.3 is 20.3 Å². The van der Waals surface area contributed by atoms with Crippen LogP contribution in [0.2, 0.25) is 10.0 Å². The van der Waals surface area contributed by atoms with E-state index in [9.17, 15) is 15.0 Å². The zero-order valence-corrected chi connectivity index (χ0v) is 18.0. The van der Waals surface area contributed by atoms with Crippen LogP contribution >= 0.6 is 23.2 Å². The second-order valence-corrected chi connectivity index (χ2v) is 8.27. The molecule has 7 heteroatoms. The van der Waals surface area contributed by atoms with Gasteiger partial charge in [-0.05, 0) is 54.7 Å². The summed E-state index contributed by atoms with van der Waals surface area (Å²) in [5.74, 6) is -0.529. The van der Waals surface area contributed by atoms with Gasteiger partial charge in [0.25, 0.3) is 0 Å². The van der Waals surface area contributed by atoms with E-state index in [0.29, 0.717) is 22.2 Å². The number of phenolic OH excluding ortho intramolecular Hbond substituents is 2. The molecule has 1 amide bonds. The minimum absolute atomic E-state index is 0.153. The van der Waals surface area contributed by atoms with Gasteiger partial charge in [0.05, 0.1) is 10.0 Å². The topological polar surface area (TPSA) is 78.8 Å². The Labute approximate surface area is 180 Å². The van der Waals surface area contributed by atoms with Gasteiger partial charge >= 0.3 is 0 Å². The first kappa shape index (κ1) is 21.6. The molecular formula is C22H25Cl2NO4. The van der Waals surface area contributed by atoms with E-state index in [1.165, 1.54) is 6.92 Å². The number of halogens is 2. The van der Waals surface area contributed by atoms with Crippen LogP contribution < -0.4 is 10.1 Å². The summed E-state index contributed by atoms with van der Waals surface area (Å²) in [6.07, 6.45) is 3.61. The predicted octanol–water partition coefficient (Wildman–Crippen LogP) is 5.54. The van der Waals surface area contributed by atoms with Gasteiger partial charge in [-0.3, -0.25) is 4.79 Å². The number of rotatable bonds is 6. The van der Waals surface area contributed by atoms with Crippen LogP contribution in [0.1, 0.15) is 56.6 Å². The summed E-state index contributed by atoms with van der Waals surface area (Å²) in [4.78, 5) is 12.2. The van der Waals surface area contributed by atoms with Gasteiger partial charge in [-0.15, -0.1) is 0 Å². The Morgan fingerprint density at radius 3 is 2.52 bits per heavy atom. The number of hydrogen-bond donors (Lipinski definition) is 3. The molecular weight excluding hydrogens is 413 g/mol. The first-order chi connectivity index (χ1) is 13.8. The molecule has 1 aliphatic carbocycles. The summed E-state index contributed by atoms with van der Waals surface area (Å²) < 4.78 is 6.44. The smallest absolute Gasteiger partial charge is 0.219 e. The number of carbonyl (C=O) groups is 1. The van der Waals surface area contributed by atoms with Crippen molar-refractivity contribution in [3.8, 4) is 17.2 Å². The van der Waals surface area contributed by atoms with Gasteiger partial charge in [0.1, 0.15) is 0 Å². The van der Waals surface area contributed by atoms with Crippen molar-refractivity contribution in [2.75, 3.05) is 0 Å². The highest BCUT2D eigenvalue weighted by Crippen LogP contribution is 2.47. The summed E-state index contributed by atoms with van der Waals surface area (Å²) in [6.45, 7) is 3.45. The van der Waals surface area contributed by atoms with Crippen LogP contribution in [0, 0.1) is 0 Å². The van der Waals surface area contributed by atoms with Gasteiger partial charge in [-0.2, -0.15) is 0 Å². The number of amides is 1. The molecule has 0 heterocycles. The molecule has 0 aromatic heterocycles. The average Bonchev–Trinajstić information content (AvgIpc) is 2.65. The maximum absolute atomic E-state index is 12.2. The standard InChI is InChI=1S/C22H25Cl2NO4/c1-3-10-22(25-13(2)26,29-21-17(23)8-5-9-18(21)24)16-7-4-6-14-11-19(27)20(28)12-15(14)16/h5,8-9,11-12,16,27-28H,3-4,6-7,10H2,1-2H3,(H,25,26). The molecule has 3 N–H and O–H groups in total. The van der Waals surface area contributed by atoms with Crippen molar-refractivity contribution < 1.29 is 19.7 Å². The lowest BCUT2D eigenvalue weighted by Crippen LogP contribution is -2.57. The molecule has 2 aromatic rings. The largest absolute Gasteiger partial charge is 0.504 e. The first-order valence-corrected chi connectivity index (χ1v) is 10.5. The first-order valence-electron chi connectivity index (χ1n) is 9.74. The number of aryl methyl sites for hydroxylation is 1. The van der Waals surface area contributed by atoms with Crippen LogP contribution in [0.4, 0.5) is 0 Å². The molecule has 156 valence electrons. The van der Waals surface area contributed by atoms with Crippen molar-refractivity contribution in [2.24, 2.45) is 0 Å². The van der Waals surface area contributed by atoms with E-state index < -0.39 is 5.72 Å². The summed E-state index contributed by atoms with van der Waals surface area (Å²) in [5.41, 5.74) is 0.668. The fourth-order valence-corrected chi connectivity index (χ4v) is 4.69. The quantitative estimate of drug-likeness (QED) is 0.409. The molecule has 0 fully saturated rings. The molecule has 29 heavy (non-hydrogen) atoms. The van der Waals surface area contributed by atoms with Gasteiger partial charge in [-0.25, -0.2) is 0 Å². The third kappa shape index (κ3) is 4.41. The summed E-state index contributed by atoms with van der Waals surface area (Å²) in [6, 6.07) is 8.26. The van der Waals surface area contributed by atoms with Gasteiger partial charge in [0, 0.05) is 19.3 Å².